The van der Waals surface area contributed by atoms with Gasteiger partial charge in [-0.2, -0.15) is 0 Å². The van der Waals surface area contributed by atoms with E-state index >= 15 is 0 Å². The molecule has 0 saturated carbocycles. The summed E-state index contributed by atoms with van der Waals surface area (Å²) >= 11 is 5.43. The molecule has 1 heterocycles. The SMILES string of the molecule is CC1CCCCCN1C(=O)NC(=O)CCCl. The molecule has 1 unspecified atom stereocenters. The summed E-state index contributed by atoms with van der Waals surface area (Å²) in [5.41, 5.74) is 0. The summed E-state index contributed by atoms with van der Waals surface area (Å²) in [4.78, 5) is 24.8. The van der Waals surface area contributed by atoms with Gasteiger partial charge in [-0.3, -0.25) is 10.1 Å². The number of alkyl halides is 1. The van der Waals surface area contributed by atoms with Crippen molar-refractivity contribution in [3.8, 4) is 0 Å². The zero-order valence-corrected chi connectivity index (χ0v) is 10.4. The molecule has 0 aromatic rings. The van der Waals surface area contributed by atoms with E-state index < -0.39 is 0 Å². The summed E-state index contributed by atoms with van der Waals surface area (Å²) in [6.45, 7) is 2.76. The van der Waals surface area contributed by atoms with E-state index in [2.05, 4.69) is 5.32 Å². The number of halogens is 1. The van der Waals surface area contributed by atoms with Gasteiger partial charge in [-0.1, -0.05) is 12.8 Å². The fourth-order valence-corrected chi connectivity index (χ4v) is 2.09. The molecule has 1 fully saturated rings. The van der Waals surface area contributed by atoms with Crippen LogP contribution in [-0.2, 0) is 4.79 Å². The van der Waals surface area contributed by atoms with Gasteiger partial charge in [-0.15, -0.1) is 11.6 Å². The average Bonchev–Trinajstić information content (AvgIpc) is 2.43. The van der Waals surface area contributed by atoms with Crippen LogP contribution in [0.3, 0.4) is 0 Å². The second-order valence-corrected chi connectivity index (χ2v) is 4.56. The average molecular weight is 247 g/mol. The van der Waals surface area contributed by atoms with E-state index in [4.69, 9.17) is 11.6 Å². The van der Waals surface area contributed by atoms with Crippen LogP contribution < -0.4 is 5.32 Å². The standard InChI is InChI=1S/C11H19ClN2O2/c1-9-5-3-2-4-8-14(9)11(16)13-10(15)6-7-12/h9H,2-8H2,1H3,(H,13,15,16). The van der Waals surface area contributed by atoms with Crippen molar-refractivity contribution in [2.45, 2.75) is 45.1 Å². The summed E-state index contributed by atoms with van der Waals surface area (Å²) in [6, 6.07) is -0.0594. The number of nitrogens with zero attached hydrogens (tertiary/aromatic N) is 1. The summed E-state index contributed by atoms with van der Waals surface area (Å²) in [5, 5.41) is 2.37. The van der Waals surface area contributed by atoms with Crippen molar-refractivity contribution in [2.75, 3.05) is 12.4 Å². The Morgan fingerprint density at radius 1 is 1.38 bits per heavy atom. The van der Waals surface area contributed by atoms with Gasteiger partial charge in [0.2, 0.25) is 5.91 Å². The number of nitrogens with one attached hydrogen (secondary N) is 1. The summed E-state index contributed by atoms with van der Waals surface area (Å²) in [5.74, 6) is -0.0502. The van der Waals surface area contributed by atoms with Crippen molar-refractivity contribution in [2.24, 2.45) is 0 Å². The minimum atomic E-state index is -0.295. The maximum absolute atomic E-state index is 11.8. The molecule has 1 rings (SSSR count). The highest BCUT2D eigenvalue weighted by Gasteiger charge is 2.22. The fourth-order valence-electron chi connectivity index (χ4n) is 1.92. The second-order valence-electron chi connectivity index (χ2n) is 4.18. The van der Waals surface area contributed by atoms with Crippen LogP contribution in [0.15, 0.2) is 0 Å². The van der Waals surface area contributed by atoms with Gasteiger partial charge in [0.15, 0.2) is 0 Å². The minimum absolute atomic E-state index is 0.190. The van der Waals surface area contributed by atoms with Gasteiger partial charge >= 0.3 is 6.03 Å². The molecule has 1 aliphatic heterocycles. The predicted molar refractivity (Wildman–Crippen MR) is 63.5 cm³/mol. The van der Waals surface area contributed by atoms with Crippen molar-refractivity contribution in [3.63, 3.8) is 0 Å². The van der Waals surface area contributed by atoms with Crippen molar-refractivity contribution < 1.29 is 9.59 Å². The number of urea groups is 1. The van der Waals surface area contributed by atoms with Gasteiger partial charge in [-0.25, -0.2) is 4.79 Å². The molecule has 0 aromatic heterocycles. The topological polar surface area (TPSA) is 49.4 Å². The van der Waals surface area contributed by atoms with Crippen LogP contribution in [0, 0.1) is 0 Å². The first-order valence-corrected chi connectivity index (χ1v) is 6.35. The smallest absolute Gasteiger partial charge is 0.322 e. The molecular weight excluding hydrogens is 228 g/mol. The first kappa shape index (κ1) is 13.3. The first-order valence-electron chi connectivity index (χ1n) is 5.81. The number of amides is 3. The molecule has 92 valence electrons. The van der Waals surface area contributed by atoms with Gasteiger partial charge in [0, 0.05) is 24.9 Å². The zero-order valence-electron chi connectivity index (χ0n) is 9.67. The highest BCUT2D eigenvalue weighted by molar-refractivity contribution is 6.19. The summed E-state index contributed by atoms with van der Waals surface area (Å²) < 4.78 is 0. The van der Waals surface area contributed by atoms with Gasteiger partial charge < -0.3 is 4.90 Å². The molecule has 0 radical (unpaired) electrons. The first-order chi connectivity index (χ1) is 7.65. The summed E-state index contributed by atoms with van der Waals surface area (Å²) in [6.07, 6.45) is 4.53. The zero-order chi connectivity index (χ0) is 12.0. The Morgan fingerprint density at radius 2 is 2.12 bits per heavy atom. The van der Waals surface area contributed by atoms with Crippen LogP contribution in [-0.4, -0.2) is 35.3 Å². The lowest BCUT2D eigenvalue weighted by atomic mass is 10.1. The number of carbonyl (C=O) groups excluding carboxylic acids is 2. The van der Waals surface area contributed by atoms with E-state index in [1.807, 2.05) is 6.92 Å². The van der Waals surface area contributed by atoms with Crippen LogP contribution >= 0.6 is 11.6 Å². The number of imide groups is 1. The van der Waals surface area contributed by atoms with Gasteiger partial charge in [0.25, 0.3) is 0 Å². The van der Waals surface area contributed by atoms with E-state index in [-0.39, 0.29) is 30.3 Å². The Hall–Kier alpha value is -0.770. The third kappa shape index (κ3) is 4.00. The quantitative estimate of drug-likeness (QED) is 0.759. The minimum Gasteiger partial charge on any atom is -0.322 e. The van der Waals surface area contributed by atoms with E-state index in [0.29, 0.717) is 0 Å². The predicted octanol–water partition coefficient (Wildman–Crippen LogP) is 2.12. The van der Waals surface area contributed by atoms with Gasteiger partial charge in [-0.05, 0) is 19.8 Å². The van der Waals surface area contributed by atoms with Crippen LogP contribution in [0.5, 0.6) is 0 Å². The highest BCUT2D eigenvalue weighted by Crippen LogP contribution is 2.16. The summed E-state index contributed by atoms with van der Waals surface area (Å²) in [7, 11) is 0. The van der Waals surface area contributed by atoms with E-state index in [9.17, 15) is 9.59 Å². The molecule has 0 bridgehead atoms. The molecule has 1 N–H and O–H groups in total. The Labute approximate surface area is 101 Å². The molecule has 1 aliphatic rings. The highest BCUT2D eigenvalue weighted by atomic mass is 35.5. The lowest BCUT2D eigenvalue weighted by Gasteiger charge is -2.26. The largest absolute Gasteiger partial charge is 0.324 e. The Morgan fingerprint density at radius 3 is 2.81 bits per heavy atom. The van der Waals surface area contributed by atoms with Crippen LogP contribution in [0.4, 0.5) is 4.79 Å². The Kier molecular flexibility index (Phi) is 5.60. The van der Waals surface area contributed by atoms with E-state index in [1.165, 1.54) is 0 Å². The number of hydrogen-bond acceptors (Lipinski definition) is 2. The number of hydrogen-bond donors (Lipinski definition) is 1. The molecule has 0 aromatic carbocycles. The lowest BCUT2D eigenvalue weighted by Crippen LogP contribution is -2.46. The maximum atomic E-state index is 11.8. The van der Waals surface area contributed by atoms with Crippen molar-refractivity contribution in [1.82, 2.24) is 10.2 Å². The van der Waals surface area contributed by atoms with Crippen LogP contribution in [0.1, 0.15) is 39.0 Å². The van der Waals surface area contributed by atoms with Crippen molar-refractivity contribution >= 4 is 23.5 Å². The molecule has 0 aliphatic carbocycles. The molecule has 0 spiro atoms. The fraction of sp³-hybridized carbons (Fsp3) is 0.818. The van der Waals surface area contributed by atoms with Crippen LogP contribution in [0.2, 0.25) is 0 Å². The molecule has 3 amide bonds. The molecule has 1 atom stereocenters. The second kappa shape index (κ2) is 6.74. The molecule has 4 nitrogen and oxygen atoms in total. The molecule has 16 heavy (non-hydrogen) atoms. The van der Waals surface area contributed by atoms with Crippen molar-refractivity contribution in [3.05, 3.63) is 0 Å². The third-order valence-electron chi connectivity index (χ3n) is 2.88. The number of rotatable bonds is 2. The van der Waals surface area contributed by atoms with Gasteiger partial charge in [0.1, 0.15) is 0 Å². The number of carbonyl (C=O) groups is 2. The van der Waals surface area contributed by atoms with E-state index in [0.717, 1.165) is 32.2 Å². The lowest BCUT2D eigenvalue weighted by molar-refractivity contribution is -0.119. The Balaban J connectivity index is 2.47. The monoisotopic (exact) mass is 246 g/mol. The van der Waals surface area contributed by atoms with Crippen LogP contribution in [0.25, 0.3) is 0 Å². The van der Waals surface area contributed by atoms with Gasteiger partial charge in [0.05, 0.1) is 0 Å². The normalized spacial score (nSPS) is 21.4. The molecular formula is C11H19ClN2O2. The third-order valence-corrected chi connectivity index (χ3v) is 3.07. The Bertz CT molecular complexity index is 258. The maximum Gasteiger partial charge on any atom is 0.324 e. The van der Waals surface area contributed by atoms with Crippen molar-refractivity contribution in [1.29, 1.82) is 0 Å². The molecule has 5 heteroatoms. The van der Waals surface area contributed by atoms with E-state index in [1.54, 1.807) is 4.90 Å². The number of likely N-dealkylation sites (tertiary alicyclic amines) is 1. The molecule has 1 saturated heterocycles.